The van der Waals surface area contributed by atoms with Crippen LogP contribution < -0.4 is 0 Å². The van der Waals surface area contributed by atoms with Crippen LogP contribution in [0.1, 0.15) is 55.4 Å². The van der Waals surface area contributed by atoms with Crippen LogP contribution in [0.3, 0.4) is 0 Å². The molecule has 4 nitrogen and oxygen atoms in total. The van der Waals surface area contributed by atoms with Crippen molar-refractivity contribution in [2.24, 2.45) is 0 Å². The van der Waals surface area contributed by atoms with Gasteiger partial charge in [-0.25, -0.2) is 8.42 Å². The molecule has 2 rings (SSSR count). The Balaban J connectivity index is 2.15. The number of aryl methyl sites for hydroxylation is 3. The summed E-state index contributed by atoms with van der Waals surface area (Å²) >= 11 is 0. The van der Waals surface area contributed by atoms with Crippen LogP contribution in [0.5, 0.6) is 0 Å². The van der Waals surface area contributed by atoms with Gasteiger partial charge in [-0.3, -0.25) is 4.79 Å². The predicted octanol–water partition coefficient (Wildman–Crippen LogP) is 3.32. The number of benzene rings is 1. The molecule has 1 aliphatic heterocycles. The summed E-state index contributed by atoms with van der Waals surface area (Å²) in [5.74, 6) is -0.709. The zero-order valence-corrected chi connectivity index (χ0v) is 16.2. The number of piperidine rings is 1. The first-order valence-corrected chi connectivity index (χ1v) is 10.5. The monoisotopic (exact) mass is 351 g/mol. The van der Waals surface area contributed by atoms with E-state index >= 15 is 0 Å². The molecule has 2 unspecified atom stereocenters. The lowest BCUT2D eigenvalue weighted by Crippen LogP contribution is -2.49. The predicted molar refractivity (Wildman–Crippen MR) is 97.8 cm³/mol. The first kappa shape index (κ1) is 19.0. The number of sulfone groups is 1. The van der Waals surface area contributed by atoms with Crippen molar-refractivity contribution in [2.45, 2.75) is 71.7 Å². The third kappa shape index (κ3) is 4.38. The molecule has 1 heterocycles. The minimum absolute atomic E-state index is 0.0622. The van der Waals surface area contributed by atoms with E-state index in [-0.39, 0.29) is 23.7 Å². The Kier molecular flexibility index (Phi) is 5.74. The van der Waals surface area contributed by atoms with Gasteiger partial charge in [0.2, 0.25) is 5.91 Å². The average molecular weight is 352 g/mol. The number of hydrogen-bond donors (Lipinski definition) is 0. The van der Waals surface area contributed by atoms with Crippen LogP contribution in [-0.2, 0) is 20.4 Å². The van der Waals surface area contributed by atoms with Crippen LogP contribution in [-0.4, -0.2) is 37.1 Å². The summed E-state index contributed by atoms with van der Waals surface area (Å²) in [5, 5.41) is 0. The maximum Gasteiger partial charge on any atom is 0.238 e. The Morgan fingerprint density at radius 3 is 2.08 bits per heavy atom. The number of hydrogen-bond acceptors (Lipinski definition) is 3. The van der Waals surface area contributed by atoms with E-state index in [0.29, 0.717) is 0 Å². The molecule has 1 amide bonds. The molecule has 1 aromatic rings. The first-order valence-electron chi connectivity index (χ1n) is 8.69. The van der Waals surface area contributed by atoms with E-state index in [1.165, 1.54) is 0 Å². The van der Waals surface area contributed by atoms with E-state index in [4.69, 9.17) is 0 Å². The second kappa shape index (κ2) is 7.26. The fraction of sp³-hybridized carbons (Fsp3) is 0.632. The molecule has 1 aliphatic rings. The van der Waals surface area contributed by atoms with E-state index in [9.17, 15) is 13.2 Å². The van der Waals surface area contributed by atoms with Gasteiger partial charge in [0.25, 0.3) is 0 Å². The molecule has 0 aliphatic carbocycles. The summed E-state index contributed by atoms with van der Waals surface area (Å²) in [7, 11) is -3.48. The van der Waals surface area contributed by atoms with Crippen molar-refractivity contribution in [3.05, 3.63) is 34.4 Å². The van der Waals surface area contributed by atoms with Crippen molar-refractivity contribution in [3.63, 3.8) is 0 Å². The van der Waals surface area contributed by atoms with Crippen molar-refractivity contribution < 1.29 is 13.2 Å². The van der Waals surface area contributed by atoms with Crippen molar-refractivity contribution in [3.8, 4) is 0 Å². The molecule has 1 saturated heterocycles. The molecule has 0 aromatic heterocycles. The van der Waals surface area contributed by atoms with E-state index in [1.54, 1.807) is 4.90 Å². The summed E-state index contributed by atoms with van der Waals surface area (Å²) in [6, 6.07) is 4.24. The molecular formula is C19H29NO3S. The molecule has 0 spiro atoms. The first-order chi connectivity index (χ1) is 11.1. The Hall–Kier alpha value is -1.36. The summed E-state index contributed by atoms with van der Waals surface area (Å²) in [6.45, 7) is 9.88. The summed E-state index contributed by atoms with van der Waals surface area (Å²) < 4.78 is 25.2. The zero-order chi connectivity index (χ0) is 18.1. The SMILES string of the molecule is Cc1cc(C)c(CS(=O)(=O)CC(=O)N2C(C)CCCC2C)c(C)c1. The van der Waals surface area contributed by atoms with Crippen molar-refractivity contribution >= 4 is 15.7 Å². The van der Waals surface area contributed by atoms with Crippen molar-refractivity contribution in [1.82, 2.24) is 4.90 Å². The van der Waals surface area contributed by atoms with Gasteiger partial charge in [-0.15, -0.1) is 0 Å². The Labute approximate surface area is 146 Å². The average Bonchev–Trinajstić information content (AvgIpc) is 2.42. The van der Waals surface area contributed by atoms with Crippen LogP contribution in [0.4, 0.5) is 0 Å². The molecule has 0 radical (unpaired) electrons. The molecule has 1 fully saturated rings. The Morgan fingerprint density at radius 1 is 1.08 bits per heavy atom. The molecule has 5 heteroatoms. The normalized spacial score (nSPS) is 21.8. The van der Waals surface area contributed by atoms with Crippen LogP contribution in [0.2, 0.25) is 0 Å². The van der Waals surface area contributed by atoms with Gasteiger partial charge in [0, 0.05) is 12.1 Å². The number of carbonyl (C=O) groups is 1. The van der Waals surface area contributed by atoms with Gasteiger partial charge in [-0.2, -0.15) is 0 Å². The molecule has 0 bridgehead atoms. The minimum Gasteiger partial charge on any atom is -0.336 e. The lowest BCUT2D eigenvalue weighted by atomic mass is 9.98. The number of carbonyl (C=O) groups excluding carboxylic acids is 1. The summed E-state index contributed by atoms with van der Waals surface area (Å²) in [6.07, 6.45) is 3.00. The fourth-order valence-electron chi connectivity index (χ4n) is 3.88. The van der Waals surface area contributed by atoms with E-state index in [2.05, 4.69) is 0 Å². The van der Waals surface area contributed by atoms with Gasteiger partial charge < -0.3 is 4.90 Å². The molecule has 1 aromatic carbocycles. The maximum atomic E-state index is 12.6. The number of rotatable bonds is 4. The van der Waals surface area contributed by atoms with Gasteiger partial charge >= 0.3 is 0 Å². The van der Waals surface area contributed by atoms with Crippen LogP contribution in [0.15, 0.2) is 12.1 Å². The quantitative estimate of drug-likeness (QED) is 0.836. The maximum absolute atomic E-state index is 12.6. The lowest BCUT2D eigenvalue weighted by molar-refractivity contribution is -0.134. The minimum atomic E-state index is -3.48. The van der Waals surface area contributed by atoms with Gasteiger partial charge in [0.15, 0.2) is 9.84 Å². The highest BCUT2D eigenvalue weighted by Gasteiger charge is 2.31. The van der Waals surface area contributed by atoms with E-state index < -0.39 is 15.6 Å². The Bertz CT molecular complexity index is 691. The number of likely N-dealkylation sites (tertiary alicyclic amines) is 1. The second-order valence-corrected chi connectivity index (χ2v) is 9.40. The van der Waals surface area contributed by atoms with Gasteiger partial charge in [0.1, 0.15) is 5.75 Å². The highest BCUT2D eigenvalue weighted by molar-refractivity contribution is 7.91. The molecule has 24 heavy (non-hydrogen) atoms. The number of nitrogens with zero attached hydrogens (tertiary/aromatic N) is 1. The van der Waals surface area contributed by atoms with Gasteiger partial charge in [-0.1, -0.05) is 17.7 Å². The number of amides is 1. The van der Waals surface area contributed by atoms with E-state index in [0.717, 1.165) is 41.5 Å². The topological polar surface area (TPSA) is 54.5 Å². The lowest BCUT2D eigenvalue weighted by Gasteiger charge is -2.39. The summed E-state index contributed by atoms with van der Waals surface area (Å²) in [5.41, 5.74) is 3.90. The highest BCUT2D eigenvalue weighted by Crippen LogP contribution is 2.24. The van der Waals surface area contributed by atoms with E-state index in [1.807, 2.05) is 46.8 Å². The molecule has 2 atom stereocenters. The van der Waals surface area contributed by atoms with Crippen LogP contribution in [0, 0.1) is 20.8 Å². The standard InChI is InChI=1S/C19H29NO3S/c1-13-9-14(2)18(15(3)10-13)11-24(22,23)12-19(21)20-16(4)7-6-8-17(20)5/h9-10,16-17H,6-8,11-12H2,1-5H3. The summed E-state index contributed by atoms with van der Waals surface area (Å²) in [4.78, 5) is 14.4. The third-order valence-electron chi connectivity index (χ3n) is 5.03. The molecule has 0 saturated carbocycles. The zero-order valence-electron chi connectivity index (χ0n) is 15.4. The third-order valence-corrected chi connectivity index (χ3v) is 6.44. The highest BCUT2D eigenvalue weighted by atomic mass is 32.2. The van der Waals surface area contributed by atoms with Crippen molar-refractivity contribution in [1.29, 1.82) is 0 Å². The fourth-order valence-corrected chi connectivity index (χ4v) is 5.41. The second-order valence-electron chi connectivity index (χ2n) is 7.34. The van der Waals surface area contributed by atoms with Crippen LogP contribution in [0.25, 0.3) is 0 Å². The van der Waals surface area contributed by atoms with Gasteiger partial charge in [-0.05, 0) is 70.6 Å². The van der Waals surface area contributed by atoms with Crippen molar-refractivity contribution in [2.75, 3.05) is 5.75 Å². The van der Waals surface area contributed by atoms with Gasteiger partial charge in [0.05, 0.1) is 5.75 Å². The van der Waals surface area contributed by atoms with Crippen LogP contribution >= 0.6 is 0 Å². The largest absolute Gasteiger partial charge is 0.336 e. The Morgan fingerprint density at radius 2 is 1.58 bits per heavy atom. The molecular weight excluding hydrogens is 322 g/mol. The smallest absolute Gasteiger partial charge is 0.238 e. The molecule has 0 N–H and O–H groups in total. The molecule has 134 valence electrons.